The lowest BCUT2D eigenvalue weighted by Gasteiger charge is -2.16. The van der Waals surface area contributed by atoms with Crippen LogP contribution in [0.25, 0.3) is 0 Å². The van der Waals surface area contributed by atoms with Crippen molar-refractivity contribution in [1.29, 1.82) is 0 Å². The second-order valence-corrected chi connectivity index (χ2v) is 6.28. The monoisotopic (exact) mass is 417 g/mol. The summed E-state index contributed by atoms with van der Waals surface area (Å²) in [6.45, 7) is 4.58. The number of nitrogens with zero attached hydrogens (tertiary/aromatic N) is 1. The molecule has 2 aliphatic rings. The molecule has 0 aliphatic heterocycles. The fourth-order valence-corrected chi connectivity index (χ4v) is 2.69. The second kappa shape index (κ2) is 7.62. The van der Waals surface area contributed by atoms with E-state index in [0.717, 1.165) is 43.4 Å². The topological polar surface area (TPSA) is 36.4 Å². The van der Waals surface area contributed by atoms with E-state index in [4.69, 9.17) is 4.99 Å². The Kier molecular flexibility index (Phi) is 6.06. The number of hydrogen-bond donors (Lipinski definition) is 2. The largest absolute Gasteiger partial charge is 0.357 e. The zero-order valence-electron chi connectivity index (χ0n) is 13.1. The van der Waals surface area contributed by atoms with Gasteiger partial charge < -0.3 is 10.6 Å². The number of nitrogens with one attached hydrogen (secondary N) is 2. The van der Waals surface area contributed by atoms with Crippen LogP contribution in [0.5, 0.6) is 0 Å². The molecule has 1 aromatic carbocycles. The molecule has 5 heteroatoms. The molecule has 3 rings (SSSR count). The number of halogens is 2. The molecule has 0 amide bonds. The highest BCUT2D eigenvalue weighted by molar-refractivity contribution is 14.0. The number of rotatable bonds is 6. The summed E-state index contributed by atoms with van der Waals surface area (Å²) in [5.41, 5.74) is 0.750. The Morgan fingerprint density at radius 3 is 2.59 bits per heavy atom. The summed E-state index contributed by atoms with van der Waals surface area (Å²) in [6.07, 6.45) is 4.70. The average Bonchev–Trinajstić information content (AvgIpc) is 3.37. The maximum absolute atomic E-state index is 14.0. The first kappa shape index (κ1) is 17.5. The van der Waals surface area contributed by atoms with E-state index in [1.165, 1.54) is 12.8 Å². The van der Waals surface area contributed by atoms with Crippen molar-refractivity contribution in [2.75, 3.05) is 19.6 Å². The number of hydrogen-bond acceptors (Lipinski definition) is 1. The van der Waals surface area contributed by atoms with Crippen LogP contribution in [0.3, 0.4) is 0 Å². The highest BCUT2D eigenvalue weighted by atomic mass is 127. The molecule has 22 heavy (non-hydrogen) atoms. The van der Waals surface area contributed by atoms with Crippen molar-refractivity contribution in [2.45, 2.75) is 38.0 Å². The zero-order chi connectivity index (χ0) is 14.7. The van der Waals surface area contributed by atoms with Crippen LogP contribution in [0.1, 0.15) is 38.2 Å². The quantitative estimate of drug-likeness (QED) is 0.423. The number of benzene rings is 1. The molecule has 122 valence electrons. The van der Waals surface area contributed by atoms with Crippen LogP contribution in [0.4, 0.5) is 4.39 Å². The Labute approximate surface area is 149 Å². The summed E-state index contributed by atoms with van der Waals surface area (Å²) < 4.78 is 14.0. The third kappa shape index (κ3) is 4.33. The van der Waals surface area contributed by atoms with Crippen molar-refractivity contribution in [3.05, 3.63) is 35.6 Å². The SMILES string of the molecule is CCNC(=NCC1(c2ccccc2F)CC1)NCC1CC1.I. The van der Waals surface area contributed by atoms with E-state index < -0.39 is 0 Å². The minimum absolute atomic E-state index is 0. The van der Waals surface area contributed by atoms with E-state index in [-0.39, 0.29) is 35.2 Å². The van der Waals surface area contributed by atoms with Crippen molar-refractivity contribution in [1.82, 2.24) is 10.6 Å². The third-order valence-corrected chi connectivity index (χ3v) is 4.44. The highest BCUT2D eigenvalue weighted by Crippen LogP contribution is 2.49. The Hall–Kier alpha value is -0.850. The smallest absolute Gasteiger partial charge is 0.191 e. The average molecular weight is 417 g/mol. The summed E-state index contributed by atoms with van der Waals surface area (Å²) in [7, 11) is 0. The Morgan fingerprint density at radius 1 is 1.27 bits per heavy atom. The van der Waals surface area contributed by atoms with E-state index in [2.05, 4.69) is 17.6 Å². The molecule has 2 N–H and O–H groups in total. The first-order valence-corrected chi connectivity index (χ1v) is 8.01. The van der Waals surface area contributed by atoms with Gasteiger partial charge in [0.05, 0.1) is 6.54 Å². The van der Waals surface area contributed by atoms with Gasteiger partial charge in [0.25, 0.3) is 0 Å². The fraction of sp³-hybridized carbons (Fsp3) is 0.588. The Bertz CT molecular complexity index is 524. The van der Waals surface area contributed by atoms with Gasteiger partial charge in [-0.1, -0.05) is 18.2 Å². The Morgan fingerprint density at radius 2 is 2.00 bits per heavy atom. The molecule has 0 aromatic heterocycles. The highest BCUT2D eigenvalue weighted by Gasteiger charge is 2.45. The van der Waals surface area contributed by atoms with Crippen molar-refractivity contribution < 1.29 is 4.39 Å². The molecule has 1 aromatic rings. The summed E-state index contributed by atoms with van der Waals surface area (Å²) in [6, 6.07) is 7.12. The van der Waals surface area contributed by atoms with Crippen molar-refractivity contribution in [3.8, 4) is 0 Å². The van der Waals surface area contributed by atoms with Gasteiger partial charge in [0.1, 0.15) is 5.82 Å². The molecule has 0 heterocycles. The van der Waals surface area contributed by atoms with E-state index in [1.807, 2.05) is 12.1 Å². The van der Waals surface area contributed by atoms with Gasteiger partial charge in [-0.2, -0.15) is 0 Å². The molecule has 0 bridgehead atoms. The fourth-order valence-electron chi connectivity index (χ4n) is 2.69. The molecule has 0 unspecified atom stereocenters. The molecular weight excluding hydrogens is 392 g/mol. The summed E-state index contributed by atoms with van der Waals surface area (Å²) in [5, 5.41) is 6.67. The maximum atomic E-state index is 14.0. The van der Waals surface area contributed by atoms with E-state index in [1.54, 1.807) is 12.1 Å². The molecular formula is C17H25FIN3. The van der Waals surface area contributed by atoms with E-state index >= 15 is 0 Å². The van der Waals surface area contributed by atoms with Crippen molar-refractivity contribution >= 4 is 29.9 Å². The lowest BCUT2D eigenvalue weighted by molar-refractivity contribution is 0.572. The van der Waals surface area contributed by atoms with Crippen LogP contribution in [-0.2, 0) is 5.41 Å². The predicted molar refractivity (Wildman–Crippen MR) is 99.4 cm³/mol. The number of aliphatic imine (C=N–C) groups is 1. The van der Waals surface area contributed by atoms with Gasteiger partial charge in [-0.25, -0.2) is 4.39 Å². The van der Waals surface area contributed by atoms with Crippen molar-refractivity contribution in [3.63, 3.8) is 0 Å². The summed E-state index contributed by atoms with van der Waals surface area (Å²) in [4.78, 5) is 4.69. The van der Waals surface area contributed by atoms with Gasteiger partial charge in [-0.3, -0.25) is 4.99 Å². The van der Waals surface area contributed by atoms with E-state index in [9.17, 15) is 4.39 Å². The first-order chi connectivity index (χ1) is 10.2. The van der Waals surface area contributed by atoms with Gasteiger partial charge in [0, 0.05) is 18.5 Å². The van der Waals surface area contributed by atoms with Gasteiger partial charge in [0.15, 0.2) is 5.96 Å². The molecule has 0 atom stereocenters. The van der Waals surface area contributed by atoms with E-state index in [0.29, 0.717) is 6.54 Å². The Balaban J connectivity index is 0.00000176. The van der Waals surface area contributed by atoms with Gasteiger partial charge >= 0.3 is 0 Å². The summed E-state index contributed by atoms with van der Waals surface area (Å²) >= 11 is 0. The molecule has 2 aliphatic carbocycles. The minimum atomic E-state index is -0.0962. The van der Waals surface area contributed by atoms with Crippen LogP contribution < -0.4 is 10.6 Å². The standard InChI is InChI=1S/C17H24FN3.HI/c1-2-19-16(20-11-13-7-8-13)21-12-17(9-10-17)14-5-3-4-6-15(14)18;/h3-6,13H,2,7-12H2,1H3,(H2,19,20,21);1H. The van der Waals surface area contributed by atoms with Crippen molar-refractivity contribution in [2.24, 2.45) is 10.9 Å². The zero-order valence-corrected chi connectivity index (χ0v) is 15.4. The normalized spacial score (nSPS) is 19.3. The third-order valence-electron chi connectivity index (χ3n) is 4.44. The molecule has 0 radical (unpaired) electrons. The minimum Gasteiger partial charge on any atom is -0.357 e. The van der Waals surface area contributed by atoms with Crippen LogP contribution >= 0.6 is 24.0 Å². The molecule has 0 spiro atoms. The summed E-state index contributed by atoms with van der Waals surface area (Å²) in [5.74, 6) is 1.59. The van der Waals surface area contributed by atoms with Crippen LogP contribution in [0.15, 0.2) is 29.3 Å². The molecule has 0 saturated heterocycles. The second-order valence-electron chi connectivity index (χ2n) is 6.28. The maximum Gasteiger partial charge on any atom is 0.191 e. The van der Waals surface area contributed by atoms with Gasteiger partial charge in [-0.15, -0.1) is 24.0 Å². The first-order valence-electron chi connectivity index (χ1n) is 8.01. The molecule has 2 saturated carbocycles. The lowest BCUT2D eigenvalue weighted by atomic mass is 9.95. The molecule has 2 fully saturated rings. The lowest BCUT2D eigenvalue weighted by Crippen LogP contribution is -2.39. The van der Waals surface area contributed by atoms with Crippen LogP contribution in [0, 0.1) is 11.7 Å². The van der Waals surface area contributed by atoms with Gasteiger partial charge in [-0.05, 0) is 50.2 Å². The predicted octanol–water partition coefficient (Wildman–Crippen LogP) is 3.44. The number of guanidine groups is 1. The van der Waals surface area contributed by atoms with Gasteiger partial charge in [0.2, 0.25) is 0 Å². The van der Waals surface area contributed by atoms with Crippen LogP contribution in [0.2, 0.25) is 0 Å². The van der Waals surface area contributed by atoms with Crippen LogP contribution in [-0.4, -0.2) is 25.6 Å². The molecule has 3 nitrogen and oxygen atoms in total.